The Morgan fingerprint density at radius 2 is 2.12 bits per heavy atom. The summed E-state index contributed by atoms with van der Waals surface area (Å²) < 4.78 is 0. The summed E-state index contributed by atoms with van der Waals surface area (Å²) in [4.78, 5) is 12.2. The first-order chi connectivity index (χ1) is 8.13. The third kappa shape index (κ3) is 2.93. The highest BCUT2D eigenvalue weighted by Gasteiger charge is 2.12. The molecular formula is C11H15N3O3. The second-order valence-electron chi connectivity index (χ2n) is 3.42. The van der Waals surface area contributed by atoms with Gasteiger partial charge in [-0.3, -0.25) is 10.1 Å². The van der Waals surface area contributed by atoms with Gasteiger partial charge in [-0.15, -0.1) is 0 Å². The van der Waals surface area contributed by atoms with Crippen molar-refractivity contribution in [3.63, 3.8) is 0 Å². The van der Waals surface area contributed by atoms with Gasteiger partial charge in [-0.2, -0.15) is 0 Å². The molecule has 0 radical (unpaired) electrons. The minimum Gasteiger partial charge on any atom is -0.411 e. The molecule has 0 aliphatic rings. The molecule has 17 heavy (non-hydrogen) atoms. The van der Waals surface area contributed by atoms with Crippen molar-refractivity contribution in [2.24, 2.45) is 5.16 Å². The average molecular weight is 237 g/mol. The van der Waals surface area contributed by atoms with Crippen molar-refractivity contribution in [1.29, 1.82) is 0 Å². The van der Waals surface area contributed by atoms with Gasteiger partial charge in [0.1, 0.15) is 0 Å². The molecule has 0 bridgehead atoms. The van der Waals surface area contributed by atoms with Crippen molar-refractivity contribution < 1.29 is 10.1 Å². The van der Waals surface area contributed by atoms with Gasteiger partial charge in [-0.25, -0.2) is 0 Å². The second kappa shape index (κ2) is 5.83. The van der Waals surface area contributed by atoms with Crippen LogP contribution in [0.1, 0.15) is 19.4 Å². The largest absolute Gasteiger partial charge is 0.411 e. The van der Waals surface area contributed by atoms with E-state index < -0.39 is 4.92 Å². The third-order valence-electron chi connectivity index (χ3n) is 2.52. The smallest absolute Gasteiger partial charge is 0.270 e. The van der Waals surface area contributed by atoms with Crippen molar-refractivity contribution in [2.45, 2.75) is 13.8 Å². The summed E-state index contributed by atoms with van der Waals surface area (Å²) in [6, 6.07) is 4.51. The maximum absolute atomic E-state index is 10.7. The predicted molar refractivity (Wildman–Crippen MR) is 66.0 cm³/mol. The number of benzene rings is 1. The lowest BCUT2D eigenvalue weighted by molar-refractivity contribution is -0.384. The molecular weight excluding hydrogens is 222 g/mol. The van der Waals surface area contributed by atoms with E-state index >= 15 is 0 Å². The van der Waals surface area contributed by atoms with Gasteiger partial charge < -0.3 is 10.1 Å². The fourth-order valence-corrected chi connectivity index (χ4v) is 1.67. The normalized spacial score (nSPS) is 10.7. The predicted octanol–water partition coefficient (Wildman–Crippen LogP) is 2.25. The molecule has 1 aromatic rings. The third-order valence-corrected chi connectivity index (χ3v) is 2.52. The van der Waals surface area contributed by atoms with Crippen molar-refractivity contribution >= 4 is 17.6 Å². The van der Waals surface area contributed by atoms with Crippen LogP contribution in [0.2, 0.25) is 0 Å². The molecule has 92 valence electrons. The number of nitro benzene ring substituents is 1. The van der Waals surface area contributed by atoms with E-state index in [1.807, 2.05) is 18.7 Å². The molecule has 0 atom stereocenters. The van der Waals surface area contributed by atoms with Gasteiger partial charge in [-0.05, 0) is 19.9 Å². The lowest BCUT2D eigenvalue weighted by Crippen LogP contribution is -2.23. The van der Waals surface area contributed by atoms with Crippen LogP contribution in [-0.2, 0) is 0 Å². The van der Waals surface area contributed by atoms with Crippen LogP contribution >= 0.6 is 0 Å². The van der Waals surface area contributed by atoms with Crippen molar-refractivity contribution in [1.82, 2.24) is 0 Å². The molecule has 0 amide bonds. The van der Waals surface area contributed by atoms with Gasteiger partial charge in [0, 0.05) is 36.5 Å². The number of oxime groups is 1. The molecule has 1 N–H and O–H groups in total. The van der Waals surface area contributed by atoms with Gasteiger partial charge in [0.25, 0.3) is 5.69 Å². The molecule has 0 aromatic heterocycles. The zero-order valence-corrected chi connectivity index (χ0v) is 9.83. The van der Waals surface area contributed by atoms with Crippen LogP contribution in [0.15, 0.2) is 23.4 Å². The standard InChI is InChI=1S/C11H15N3O3/c1-3-13(4-2)11-6-5-10(14(16)17)7-9(11)8-12-15/h5-8,15H,3-4H2,1-2H3/b12-8-. The monoisotopic (exact) mass is 237 g/mol. The molecule has 0 heterocycles. The molecule has 0 fully saturated rings. The Labute approximate surface area is 99.3 Å². The summed E-state index contributed by atoms with van der Waals surface area (Å²) in [6.07, 6.45) is 1.21. The fraction of sp³-hybridized carbons (Fsp3) is 0.364. The highest BCUT2D eigenvalue weighted by molar-refractivity contribution is 5.88. The highest BCUT2D eigenvalue weighted by Crippen LogP contribution is 2.24. The zero-order valence-electron chi connectivity index (χ0n) is 9.83. The lowest BCUT2D eigenvalue weighted by Gasteiger charge is -2.22. The van der Waals surface area contributed by atoms with Crippen LogP contribution in [0.4, 0.5) is 11.4 Å². The van der Waals surface area contributed by atoms with Crippen molar-refractivity contribution in [3.05, 3.63) is 33.9 Å². The number of non-ortho nitro benzene ring substituents is 1. The first-order valence-electron chi connectivity index (χ1n) is 5.34. The summed E-state index contributed by atoms with van der Waals surface area (Å²) in [5.41, 5.74) is 1.33. The number of rotatable bonds is 5. The van der Waals surface area contributed by atoms with Crippen LogP contribution in [0.5, 0.6) is 0 Å². The molecule has 6 nitrogen and oxygen atoms in total. The maximum atomic E-state index is 10.7. The quantitative estimate of drug-likeness (QED) is 0.368. The number of nitrogens with zero attached hydrogens (tertiary/aromatic N) is 3. The van der Waals surface area contributed by atoms with Gasteiger partial charge in [0.15, 0.2) is 0 Å². The summed E-state index contributed by atoms with van der Waals surface area (Å²) >= 11 is 0. The average Bonchev–Trinajstić information content (AvgIpc) is 2.32. The van der Waals surface area contributed by atoms with E-state index in [1.54, 1.807) is 6.07 Å². The minimum atomic E-state index is -0.472. The van der Waals surface area contributed by atoms with E-state index in [-0.39, 0.29) is 5.69 Å². The molecule has 0 unspecified atom stereocenters. The van der Waals surface area contributed by atoms with E-state index in [2.05, 4.69) is 5.16 Å². The molecule has 0 saturated carbocycles. The molecule has 0 aliphatic heterocycles. The minimum absolute atomic E-state index is 0.0178. The molecule has 1 rings (SSSR count). The number of anilines is 1. The lowest BCUT2D eigenvalue weighted by atomic mass is 10.1. The van der Waals surface area contributed by atoms with Crippen LogP contribution < -0.4 is 4.90 Å². The van der Waals surface area contributed by atoms with Crippen LogP contribution in [-0.4, -0.2) is 29.4 Å². The summed E-state index contributed by atoms with van der Waals surface area (Å²) in [5, 5.41) is 22.2. The number of hydrogen-bond donors (Lipinski definition) is 1. The Morgan fingerprint density at radius 1 is 1.47 bits per heavy atom. The van der Waals surface area contributed by atoms with Crippen LogP contribution in [0.3, 0.4) is 0 Å². The Hall–Kier alpha value is -2.11. The van der Waals surface area contributed by atoms with E-state index in [4.69, 9.17) is 5.21 Å². The van der Waals surface area contributed by atoms with Gasteiger partial charge in [-0.1, -0.05) is 5.16 Å². The Balaban J connectivity index is 3.25. The van der Waals surface area contributed by atoms with E-state index in [0.29, 0.717) is 5.56 Å². The summed E-state index contributed by atoms with van der Waals surface area (Å²) in [5.74, 6) is 0. The van der Waals surface area contributed by atoms with Crippen LogP contribution in [0, 0.1) is 10.1 Å². The molecule has 1 aromatic carbocycles. The molecule has 6 heteroatoms. The molecule has 0 saturated heterocycles. The molecule has 0 aliphatic carbocycles. The topological polar surface area (TPSA) is 79.0 Å². The van der Waals surface area contributed by atoms with Crippen molar-refractivity contribution in [3.8, 4) is 0 Å². The second-order valence-corrected chi connectivity index (χ2v) is 3.42. The zero-order chi connectivity index (χ0) is 12.8. The van der Waals surface area contributed by atoms with E-state index in [1.165, 1.54) is 18.3 Å². The van der Waals surface area contributed by atoms with Crippen molar-refractivity contribution in [2.75, 3.05) is 18.0 Å². The Bertz CT molecular complexity index is 428. The van der Waals surface area contributed by atoms with Gasteiger partial charge >= 0.3 is 0 Å². The van der Waals surface area contributed by atoms with E-state index in [0.717, 1.165) is 18.8 Å². The summed E-state index contributed by atoms with van der Waals surface area (Å²) in [7, 11) is 0. The van der Waals surface area contributed by atoms with Gasteiger partial charge in [0.05, 0.1) is 11.1 Å². The summed E-state index contributed by atoms with van der Waals surface area (Å²) in [6.45, 7) is 5.54. The SMILES string of the molecule is CCN(CC)c1ccc([N+](=O)[O-])cc1/C=N\O. The molecule has 0 spiro atoms. The first-order valence-corrected chi connectivity index (χ1v) is 5.34. The van der Waals surface area contributed by atoms with Crippen LogP contribution in [0.25, 0.3) is 0 Å². The Kier molecular flexibility index (Phi) is 4.45. The van der Waals surface area contributed by atoms with Gasteiger partial charge in [0.2, 0.25) is 0 Å². The highest BCUT2D eigenvalue weighted by atomic mass is 16.6. The first kappa shape index (κ1) is 13.0. The van der Waals surface area contributed by atoms with E-state index in [9.17, 15) is 10.1 Å². The maximum Gasteiger partial charge on any atom is 0.270 e. The number of hydrogen-bond acceptors (Lipinski definition) is 5. The number of nitro groups is 1. The Morgan fingerprint density at radius 3 is 2.59 bits per heavy atom. The fourth-order valence-electron chi connectivity index (χ4n) is 1.67.